The number of thioether (sulfide) groups is 1. The third kappa shape index (κ3) is 4.38. The molecule has 0 aliphatic rings. The van der Waals surface area contributed by atoms with E-state index in [2.05, 4.69) is 10.3 Å². The molecule has 6 nitrogen and oxygen atoms in total. The molecule has 1 N–H and O–H groups in total. The number of benzene rings is 4. The number of hydrogen-bond acceptors (Lipinski definition) is 5. The molecule has 1 amide bonds. The smallest absolute Gasteiger partial charge is 0.266 e. The predicted molar refractivity (Wildman–Crippen MR) is 137 cm³/mol. The van der Waals surface area contributed by atoms with Crippen LogP contribution in [0.15, 0.2) is 101 Å². The average molecular weight is 468 g/mol. The topological polar surface area (TPSA) is 73.2 Å². The van der Waals surface area contributed by atoms with Gasteiger partial charge in [-0.2, -0.15) is 0 Å². The second-order valence-electron chi connectivity index (χ2n) is 7.65. The maximum Gasteiger partial charge on any atom is 0.266 e. The van der Waals surface area contributed by atoms with Crippen LogP contribution >= 0.6 is 11.8 Å². The molecule has 0 saturated heterocycles. The summed E-state index contributed by atoms with van der Waals surface area (Å²) in [5, 5.41) is 6.07. The Morgan fingerprint density at radius 2 is 1.68 bits per heavy atom. The second kappa shape index (κ2) is 9.41. The number of para-hydroxylation sites is 1. The number of ether oxygens (including phenoxy) is 1. The molecule has 1 aromatic heterocycles. The maximum atomic E-state index is 13.3. The van der Waals surface area contributed by atoms with Crippen molar-refractivity contribution in [3.05, 3.63) is 101 Å². The van der Waals surface area contributed by atoms with Crippen LogP contribution in [0.3, 0.4) is 0 Å². The Labute approximate surface area is 200 Å². The van der Waals surface area contributed by atoms with E-state index >= 15 is 0 Å². The van der Waals surface area contributed by atoms with Crippen molar-refractivity contribution in [1.29, 1.82) is 0 Å². The standard InChI is InChI=1S/C27H21N3O3S/c1-33-22-14-12-21(13-15-22)30-26(32)23-8-4-5-9-24(23)29-27(30)34-17-25(31)28-20-11-10-18-6-2-3-7-19(18)16-20/h2-16H,17H2,1H3,(H,28,31). The van der Waals surface area contributed by atoms with E-state index in [1.54, 1.807) is 43.5 Å². The number of methoxy groups -OCH3 is 1. The van der Waals surface area contributed by atoms with Gasteiger partial charge < -0.3 is 10.1 Å². The van der Waals surface area contributed by atoms with E-state index in [4.69, 9.17) is 4.74 Å². The van der Waals surface area contributed by atoms with Gasteiger partial charge in [0, 0.05) is 5.69 Å². The highest BCUT2D eigenvalue weighted by atomic mass is 32.2. The van der Waals surface area contributed by atoms with E-state index in [-0.39, 0.29) is 17.2 Å². The largest absolute Gasteiger partial charge is 0.497 e. The molecule has 168 valence electrons. The molecule has 0 unspecified atom stereocenters. The Morgan fingerprint density at radius 1 is 0.941 bits per heavy atom. The van der Waals surface area contributed by atoms with Gasteiger partial charge in [0.15, 0.2) is 5.16 Å². The van der Waals surface area contributed by atoms with Crippen LogP contribution in [-0.2, 0) is 4.79 Å². The molecular weight excluding hydrogens is 446 g/mol. The van der Waals surface area contributed by atoms with Crippen molar-refractivity contribution in [3.63, 3.8) is 0 Å². The zero-order valence-electron chi connectivity index (χ0n) is 18.4. The minimum atomic E-state index is -0.187. The molecule has 7 heteroatoms. The number of hydrogen-bond donors (Lipinski definition) is 1. The summed E-state index contributed by atoms with van der Waals surface area (Å²) in [6.07, 6.45) is 0. The van der Waals surface area contributed by atoms with Crippen molar-refractivity contribution in [2.45, 2.75) is 5.16 Å². The molecule has 0 aliphatic heterocycles. The summed E-state index contributed by atoms with van der Waals surface area (Å²) in [5.41, 5.74) is 1.78. The molecule has 0 spiro atoms. The van der Waals surface area contributed by atoms with Gasteiger partial charge in [0.2, 0.25) is 5.91 Å². The van der Waals surface area contributed by atoms with Crippen LogP contribution in [0.2, 0.25) is 0 Å². The second-order valence-corrected chi connectivity index (χ2v) is 8.59. The molecule has 0 radical (unpaired) electrons. The first-order valence-electron chi connectivity index (χ1n) is 10.7. The first-order valence-corrected chi connectivity index (χ1v) is 11.7. The summed E-state index contributed by atoms with van der Waals surface area (Å²) in [6.45, 7) is 0. The number of anilines is 1. The van der Waals surface area contributed by atoms with Crippen molar-refractivity contribution in [1.82, 2.24) is 9.55 Å². The van der Waals surface area contributed by atoms with Crippen LogP contribution in [0.5, 0.6) is 5.75 Å². The number of carbonyl (C=O) groups excluding carboxylic acids is 1. The summed E-state index contributed by atoms with van der Waals surface area (Å²) < 4.78 is 6.77. The Balaban J connectivity index is 1.43. The fraction of sp³-hybridized carbons (Fsp3) is 0.0741. The molecule has 0 fully saturated rings. The molecule has 0 atom stereocenters. The lowest BCUT2D eigenvalue weighted by molar-refractivity contribution is -0.113. The number of rotatable bonds is 6. The minimum absolute atomic E-state index is 0.105. The summed E-state index contributed by atoms with van der Waals surface area (Å²) >= 11 is 1.22. The van der Waals surface area contributed by atoms with E-state index in [1.807, 2.05) is 54.6 Å². The number of nitrogens with zero attached hydrogens (tertiary/aromatic N) is 2. The first kappa shape index (κ1) is 21.7. The number of carbonyl (C=O) groups is 1. The fourth-order valence-electron chi connectivity index (χ4n) is 3.76. The van der Waals surface area contributed by atoms with E-state index in [1.165, 1.54) is 16.3 Å². The SMILES string of the molecule is COc1ccc(-n2c(SCC(=O)Nc3ccc4ccccc4c3)nc3ccccc3c2=O)cc1. The molecule has 0 aliphatic carbocycles. The van der Waals surface area contributed by atoms with Gasteiger partial charge in [0.1, 0.15) is 5.75 Å². The Bertz CT molecular complexity index is 1560. The van der Waals surface area contributed by atoms with Crippen LogP contribution in [0.4, 0.5) is 5.69 Å². The summed E-state index contributed by atoms with van der Waals surface area (Å²) in [6, 6.07) is 28.2. The molecule has 34 heavy (non-hydrogen) atoms. The minimum Gasteiger partial charge on any atom is -0.497 e. The number of fused-ring (bicyclic) bond motifs is 2. The van der Waals surface area contributed by atoms with Crippen molar-refractivity contribution >= 4 is 45.0 Å². The van der Waals surface area contributed by atoms with E-state index < -0.39 is 0 Å². The van der Waals surface area contributed by atoms with Crippen LogP contribution < -0.4 is 15.6 Å². The monoisotopic (exact) mass is 467 g/mol. The van der Waals surface area contributed by atoms with Crippen LogP contribution in [-0.4, -0.2) is 28.3 Å². The number of amides is 1. The van der Waals surface area contributed by atoms with Crippen molar-refractivity contribution < 1.29 is 9.53 Å². The zero-order valence-corrected chi connectivity index (χ0v) is 19.2. The van der Waals surface area contributed by atoms with Crippen molar-refractivity contribution in [2.24, 2.45) is 0 Å². The highest BCUT2D eigenvalue weighted by Gasteiger charge is 2.15. The maximum absolute atomic E-state index is 13.3. The van der Waals surface area contributed by atoms with Gasteiger partial charge in [-0.25, -0.2) is 4.98 Å². The number of nitrogens with one attached hydrogen (secondary N) is 1. The molecule has 0 bridgehead atoms. The van der Waals surface area contributed by atoms with Crippen molar-refractivity contribution in [3.8, 4) is 11.4 Å². The Morgan fingerprint density at radius 3 is 2.47 bits per heavy atom. The average Bonchev–Trinajstić information content (AvgIpc) is 2.88. The van der Waals surface area contributed by atoms with Crippen LogP contribution in [0, 0.1) is 0 Å². The number of aromatic nitrogens is 2. The van der Waals surface area contributed by atoms with Gasteiger partial charge in [0.05, 0.1) is 29.5 Å². The van der Waals surface area contributed by atoms with Gasteiger partial charge in [-0.1, -0.05) is 54.2 Å². The summed E-state index contributed by atoms with van der Waals surface area (Å²) in [7, 11) is 1.59. The third-order valence-corrected chi connectivity index (χ3v) is 6.38. The molecule has 0 saturated carbocycles. The lowest BCUT2D eigenvalue weighted by atomic mass is 10.1. The van der Waals surface area contributed by atoms with Gasteiger partial charge in [-0.05, 0) is 59.3 Å². The molecular formula is C27H21N3O3S. The lowest BCUT2D eigenvalue weighted by Crippen LogP contribution is -2.23. The van der Waals surface area contributed by atoms with E-state index in [0.717, 1.165) is 16.5 Å². The summed E-state index contributed by atoms with van der Waals surface area (Å²) in [5.74, 6) is 0.617. The summed E-state index contributed by atoms with van der Waals surface area (Å²) in [4.78, 5) is 30.8. The van der Waals surface area contributed by atoms with Gasteiger partial charge in [0.25, 0.3) is 5.56 Å². The van der Waals surface area contributed by atoms with E-state index in [0.29, 0.717) is 27.5 Å². The van der Waals surface area contributed by atoms with Gasteiger partial charge >= 0.3 is 0 Å². The van der Waals surface area contributed by atoms with E-state index in [9.17, 15) is 9.59 Å². The molecule has 5 aromatic rings. The first-order chi connectivity index (χ1) is 16.6. The third-order valence-electron chi connectivity index (χ3n) is 5.44. The van der Waals surface area contributed by atoms with Crippen LogP contribution in [0.1, 0.15) is 0 Å². The zero-order chi connectivity index (χ0) is 23.5. The van der Waals surface area contributed by atoms with Gasteiger partial charge in [-0.15, -0.1) is 0 Å². The Kier molecular flexibility index (Phi) is 6.01. The highest BCUT2D eigenvalue weighted by Crippen LogP contribution is 2.24. The normalized spacial score (nSPS) is 11.0. The lowest BCUT2D eigenvalue weighted by Gasteiger charge is -2.14. The molecule has 5 rings (SSSR count). The van der Waals surface area contributed by atoms with Gasteiger partial charge in [-0.3, -0.25) is 14.2 Å². The predicted octanol–water partition coefficient (Wildman–Crippen LogP) is 5.28. The van der Waals surface area contributed by atoms with Crippen LogP contribution in [0.25, 0.3) is 27.4 Å². The Hall–Kier alpha value is -4.10. The molecule has 1 heterocycles. The quantitative estimate of drug-likeness (QED) is 0.272. The highest BCUT2D eigenvalue weighted by molar-refractivity contribution is 7.99. The fourth-order valence-corrected chi connectivity index (χ4v) is 4.58. The van der Waals surface area contributed by atoms with Crippen molar-refractivity contribution in [2.75, 3.05) is 18.2 Å². The molecule has 4 aromatic carbocycles.